The van der Waals surface area contributed by atoms with Crippen LogP contribution in [0.25, 0.3) is 21.3 Å². The van der Waals surface area contributed by atoms with Crippen LogP contribution in [0.1, 0.15) is 19.8 Å². The van der Waals surface area contributed by atoms with Gasteiger partial charge in [0.2, 0.25) is 5.91 Å². The lowest BCUT2D eigenvalue weighted by molar-refractivity contribution is -0.126. The lowest BCUT2D eigenvalue weighted by atomic mass is 10.1. The van der Waals surface area contributed by atoms with Gasteiger partial charge < -0.3 is 10.2 Å². The number of fused-ring (bicyclic) bond motifs is 1. The van der Waals surface area contributed by atoms with E-state index < -0.39 is 0 Å². The Morgan fingerprint density at radius 3 is 2.60 bits per heavy atom. The molecule has 6 nitrogen and oxygen atoms in total. The maximum Gasteiger partial charge on any atom is 0.237 e. The summed E-state index contributed by atoms with van der Waals surface area (Å²) < 4.78 is 13.4. The molecule has 2 fully saturated rings. The van der Waals surface area contributed by atoms with Crippen molar-refractivity contribution in [3.63, 3.8) is 0 Å². The van der Waals surface area contributed by atoms with Crippen molar-refractivity contribution in [3.8, 4) is 11.1 Å². The fourth-order valence-electron chi connectivity index (χ4n) is 3.98. The number of aromatic nitrogens is 2. The maximum absolute atomic E-state index is 13.4. The number of halogens is 1. The van der Waals surface area contributed by atoms with Gasteiger partial charge >= 0.3 is 0 Å². The number of anilines is 1. The number of nitrogens with one attached hydrogen (secondary N) is 1. The van der Waals surface area contributed by atoms with Crippen molar-refractivity contribution in [2.75, 3.05) is 31.1 Å². The molecule has 3 aromatic rings. The molecule has 1 aliphatic carbocycles. The van der Waals surface area contributed by atoms with E-state index in [2.05, 4.69) is 30.5 Å². The zero-order valence-corrected chi connectivity index (χ0v) is 17.7. The van der Waals surface area contributed by atoms with Gasteiger partial charge in [0.05, 0.1) is 11.4 Å². The van der Waals surface area contributed by atoms with Crippen molar-refractivity contribution in [2.45, 2.75) is 31.8 Å². The molecule has 0 spiro atoms. The first-order valence-corrected chi connectivity index (χ1v) is 11.3. The van der Waals surface area contributed by atoms with Crippen LogP contribution in [0.15, 0.2) is 36.0 Å². The summed E-state index contributed by atoms with van der Waals surface area (Å²) in [5, 5.41) is 6.19. The second kappa shape index (κ2) is 7.92. The van der Waals surface area contributed by atoms with Crippen LogP contribution in [-0.4, -0.2) is 59.0 Å². The molecule has 1 unspecified atom stereocenters. The molecule has 1 aromatic carbocycles. The first-order valence-electron chi connectivity index (χ1n) is 10.4. The smallest absolute Gasteiger partial charge is 0.237 e. The van der Waals surface area contributed by atoms with E-state index in [1.807, 2.05) is 6.92 Å². The molecule has 1 atom stereocenters. The summed E-state index contributed by atoms with van der Waals surface area (Å²) in [6, 6.07) is 6.83. The Balaban J connectivity index is 1.36. The highest BCUT2D eigenvalue weighted by Crippen LogP contribution is 2.38. The van der Waals surface area contributed by atoms with Crippen LogP contribution in [0.5, 0.6) is 0 Å². The number of benzene rings is 1. The molecule has 156 valence electrons. The van der Waals surface area contributed by atoms with Crippen LogP contribution >= 0.6 is 11.3 Å². The van der Waals surface area contributed by atoms with Gasteiger partial charge in [0, 0.05) is 43.2 Å². The fraction of sp³-hybridized carbons (Fsp3) is 0.409. The van der Waals surface area contributed by atoms with Crippen LogP contribution in [0, 0.1) is 5.82 Å². The van der Waals surface area contributed by atoms with E-state index in [4.69, 9.17) is 0 Å². The average molecular weight is 426 g/mol. The lowest BCUT2D eigenvalue weighted by Gasteiger charge is -2.38. The molecule has 1 amide bonds. The molecule has 1 N–H and O–H groups in total. The van der Waals surface area contributed by atoms with E-state index >= 15 is 0 Å². The van der Waals surface area contributed by atoms with E-state index in [-0.39, 0.29) is 17.8 Å². The van der Waals surface area contributed by atoms with E-state index in [1.165, 1.54) is 12.1 Å². The third-order valence-corrected chi connectivity index (χ3v) is 6.86. The van der Waals surface area contributed by atoms with Crippen LogP contribution in [0.3, 0.4) is 0 Å². The average Bonchev–Trinajstić information content (AvgIpc) is 3.48. The van der Waals surface area contributed by atoms with Crippen LogP contribution < -0.4 is 10.2 Å². The summed E-state index contributed by atoms with van der Waals surface area (Å²) in [5.41, 5.74) is 1.99. The van der Waals surface area contributed by atoms with Gasteiger partial charge in [-0.2, -0.15) is 0 Å². The molecule has 3 heterocycles. The van der Waals surface area contributed by atoms with Crippen molar-refractivity contribution in [1.82, 2.24) is 20.2 Å². The predicted octanol–water partition coefficient (Wildman–Crippen LogP) is 3.29. The van der Waals surface area contributed by atoms with Crippen molar-refractivity contribution < 1.29 is 9.18 Å². The summed E-state index contributed by atoms with van der Waals surface area (Å²) in [6.45, 7) is 5.20. The number of amides is 1. The van der Waals surface area contributed by atoms with Gasteiger partial charge in [-0.1, -0.05) is 12.1 Å². The Labute approximate surface area is 178 Å². The highest BCUT2D eigenvalue weighted by molar-refractivity contribution is 7.17. The Kier molecular flexibility index (Phi) is 5.12. The molecule has 1 aliphatic heterocycles. The minimum Gasteiger partial charge on any atom is -0.353 e. The van der Waals surface area contributed by atoms with E-state index in [0.717, 1.165) is 66.2 Å². The van der Waals surface area contributed by atoms with Gasteiger partial charge in [0.15, 0.2) is 0 Å². The summed E-state index contributed by atoms with van der Waals surface area (Å²) in [4.78, 5) is 26.9. The maximum atomic E-state index is 13.4. The van der Waals surface area contributed by atoms with Crippen LogP contribution in [0.4, 0.5) is 10.2 Å². The number of piperazine rings is 1. The summed E-state index contributed by atoms with van der Waals surface area (Å²) in [5.74, 6) is 0.799. The normalized spacial score (nSPS) is 18.5. The summed E-state index contributed by atoms with van der Waals surface area (Å²) in [7, 11) is 0. The molecule has 8 heteroatoms. The SMILES string of the molecule is CC(C(=O)NC1CC1)N1CCN(c2ncnc3scc(-c4ccc(F)cc4)c23)CC1. The van der Waals surface area contributed by atoms with Gasteiger partial charge in [-0.05, 0) is 37.5 Å². The molecule has 30 heavy (non-hydrogen) atoms. The Hall–Kier alpha value is -2.58. The van der Waals surface area contributed by atoms with E-state index in [1.54, 1.807) is 29.8 Å². The minimum atomic E-state index is -0.245. The third-order valence-electron chi connectivity index (χ3n) is 5.97. The lowest BCUT2D eigenvalue weighted by Crippen LogP contribution is -2.54. The quantitative estimate of drug-likeness (QED) is 0.680. The van der Waals surface area contributed by atoms with Crippen LogP contribution in [-0.2, 0) is 4.79 Å². The number of hydrogen-bond donors (Lipinski definition) is 1. The Morgan fingerprint density at radius 1 is 1.17 bits per heavy atom. The van der Waals surface area contributed by atoms with E-state index in [0.29, 0.717) is 6.04 Å². The second-order valence-corrected chi connectivity index (χ2v) is 8.87. The molecule has 1 saturated carbocycles. The highest BCUT2D eigenvalue weighted by Gasteiger charge is 2.30. The van der Waals surface area contributed by atoms with E-state index in [9.17, 15) is 9.18 Å². The molecular weight excluding hydrogens is 401 g/mol. The van der Waals surface area contributed by atoms with Crippen molar-refractivity contribution >= 4 is 33.3 Å². The topological polar surface area (TPSA) is 61.4 Å². The second-order valence-electron chi connectivity index (χ2n) is 8.02. The molecule has 1 saturated heterocycles. The molecular formula is C22H24FN5OS. The van der Waals surface area contributed by atoms with Gasteiger partial charge in [-0.15, -0.1) is 11.3 Å². The summed E-state index contributed by atoms with van der Waals surface area (Å²) in [6.07, 6.45) is 3.82. The van der Waals surface area contributed by atoms with Crippen molar-refractivity contribution in [3.05, 3.63) is 41.8 Å². The van der Waals surface area contributed by atoms with Crippen LogP contribution in [0.2, 0.25) is 0 Å². The Morgan fingerprint density at radius 2 is 1.90 bits per heavy atom. The largest absolute Gasteiger partial charge is 0.353 e. The molecule has 2 aromatic heterocycles. The molecule has 0 bridgehead atoms. The first kappa shape index (κ1) is 19.4. The summed E-state index contributed by atoms with van der Waals surface area (Å²) >= 11 is 1.58. The fourth-order valence-corrected chi connectivity index (χ4v) is 4.89. The monoisotopic (exact) mass is 425 g/mol. The zero-order valence-electron chi connectivity index (χ0n) is 16.8. The third kappa shape index (κ3) is 3.77. The Bertz CT molecular complexity index is 1060. The van der Waals surface area contributed by atoms with Gasteiger partial charge in [-0.25, -0.2) is 14.4 Å². The van der Waals surface area contributed by atoms with Crippen molar-refractivity contribution in [1.29, 1.82) is 0 Å². The molecule has 0 radical (unpaired) electrons. The minimum absolute atomic E-state index is 0.117. The predicted molar refractivity (Wildman–Crippen MR) is 117 cm³/mol. The number of thiophene rings is 1. The molecule has 2 aliphatic rings. The number of nitrogens with zero attached hydrogens (tertiary/aromatic N) is 4. The number of carbonyl (C=O) groups excluding carboxylic acids is 1. The number of hydrogen-bond acceptors (Lipinski definition) is 6. The first-order chi connectivity index (χ1) is 14.6. The van der Waals surface area contributed by atoms with Crippen molar-refractivity contribution in [2.24, 2.45) is 0 Å². The standard InChI is InChI=1S/C22H24FN5OS/c1-14(21(29)26-17-6-7-17)27-8-10-28(11-9-27)20-19-18(12-30-22(19)25-13-24-20)15-2-4-16(23)5-3-15/h2-5,12-14,17H,6-11H2,1H3,(H,26,29). The zero-order chi connectivity index (χ0) is 20.7. The van der Waals surface area contributed by atoms with Gasteiger partial charge in [0.1, 0.15) is 22.8 Å². The van der Waals surface area contributed by atoms with Gasteiger partial charge in [-0.3, -0.25) is 9.69 Å². The molecule has 5 rings (SSSR count). The highest BCUT2D eigenvalue weighted by atomic mass is 32.1. The number of rotatable bonds is 5. The number of carbonyl (C=O) groups is 1. The van der Waals surface area contributed by atoms with Gasteiger partial charge in [0.25, 0.3) is 0 Å².